The fraction of sp³-hybridized carbons (Fsp3) is 0.571. The number of benzene rings is 1. The van der Waals surface area contributed by atoms with E-state index >= 15 is 0 Å². The van der Waals surface area contributed by atoms with Gasteiger partial charge in [0.05, 0.1) is 11.0 Å². The highest BCUT2D eigenvalue weighted by Crippen LogP contribution is 2.21. The minimum absolute atomic E-state index is 0.0312. The van der Waals surface area contributed by atoms with E-state index in [0.29, 0.717) is 13.0 Å². The fourth-order valence-electron chi connectivity index (χ4n) is 2.58. The first kappa shape index (κ1) is 13.6. The number of hydrogen-bond acceptors (Lipinski definition) is 3. The molecule has 3 nitrogen and oxygen atoms in total. The molecule has 0 aromatic heterocycles. The summed E-state index contributed by atoms with van der Waals surface area (Å²) in [5.74, 6) is 0.257. The van der Waals surface area contributed by atoms with Crippen LogP contribution >= 0.6 is 0 Å². The molecule has 1 aromatic rings. The predicted molar refractivity (Wildman–Crippen MR) is 74.7 cm³/mol. The summed E-state index contributed by atoms with van der Waals surface area (Å²) in [6, 6.07) is 6.14. The van der Waals surface area contributed by atoms with Gasteiger partial charge in [-0.2, -0.15) is 0 Å². The molecule has 0 radical (unpaired) electrons. The van der Waals surface area contributed by atoms with Crippen LogP contribution < -0.4 is 5.32 Å². The van der Waals surface area contributed by atoms with Crippen molar-refractivity contribution >= 4 is 9.84 Å². The quantitative estimate of drug-likeness (QED) is 0.885. The SMILES string of the molecule is Cc1cccc(CC2C(C)NCCS2(=O)=O)c1C. The van der Waals surface area contributed by atoms with Gasteiger partial charge in [0, 0.05) is 12.6 Å². The van der Waals surface area contributed by atoms with Crippen molar-refractivity contribution in [3.63, 3.8) is 0 Å². The summed E-state index contributed by atoms with van der Waals surface area (Å²) in [4.78, 5) is 0. The van der Waals surface area contributed by atoms with E-state index in [1.807, 2.05) is 19.1 Å². The Bertz CT molecular complexity index is 537. The van der Waals surface area contributed by atoms with E-state index in [1.165, 1.54) is 11.1 Å². The second kappa shape index (κ2) is 5.02. The van der Waals surface area contributed by atoms with Crippen LogP contribution in [-0.2, 0) is 16.3 Å². The van der Waals surface area contributed by atoms with Gasteiger partial charge in [-0.3, -0.25) is 0 Å². The molecule has 1 aromatic carbocycles. The molecule has 2 rings (SSSR count). The van der Waals surface area contributed by atoms with Gasteiger partial charge in [0.1, 0.15) is 0 Å². The van der Waals surface area contributed by atoms with Crippen LogP contribution in [0.1, 0.15) is 23.6 Å². The van der Waals surface area contributed by atoms with E-state index in [2.05, 4.69) is 25.2 Å². The van der Waals surface area contributed by atoms with Crippen molar-refractivity contribution in [3.05, 3.63) is 34.9 Å². The normalized spacial score (nSPS) is 27.1. The van der Waals surface area contributed by atoms with Crippen LogP contribution in [0.15, 0.2) is 18.2 Å². The molecule has 1 aliphatic heterocycles. The van der Waals surface area contributed by atoms with Crippen LogP contribution in [0.25, 0.3) is 0 Å². The standard InChI is InChI=1S/C14H21NO2S/c1-10-5-4-6-13(11(10)2)9-14-12(3)15-7-8-18(14,16)17/h4-6,12,14-15H,7-9H2,1-3H3. The molecule has 1 heterocycles. The zero-order chi connectivity index (χ0) is 13.3. The topological polar surface area (TPSA) is 46.2 Å². The third kappa shape index (κ3) is 2.59. The van der Waals surface area contributed by atoms with E-state index in [9.17, 15) is 8.42 Å². The van der Waals surface area contributed by atoms with Crippen molar-refractivity contribution in [2.45, 2.75) is 38.5 Å². The van der Waals surface area contributed by atoms with E-state index in [1.54, 1.807) is 0 Å². The molecule has 1 N–H and O–H groups in total. The largest absolute Gasteiger partial charge is 0.312 e. The lowest BCUT2D eigenvalue weighted by Crippen LogP contribution is -2.51. The third-order valence-electron chi connectivity index (χ3n) is 4.01. The van der Waals surface area contributed by atoms with Gasteiger partial charge in [-0.25, -0.2) is 8.42 Å². The van der Waals surface area contributed by atoms with E-state index in [4.69, 9.17) is 0 Å². The predicted octanol–water partition coefficient (Wildman–Crippen LogP) is 1.62. The van der Waals surface area contributed by atoms with Gasteiger partial charge in [-0.1, -0.05) is 18.2 Å². The Kier molecular flexibility index (Phi) is 3.78. The molecular formula is C14H21NO2S. The summed E-state index contributed by atoms with van der Waals surface area (Å²) in [7, 11) is -2.96. The van der Waals surface area contributed by atoms with Crippen molar-refractivity contribution in [1.29, 1.82) is 0 Å². The first-order valence-electron chi connectivity index (χ1n) is 6.42. The van der Waals surface area contributed by atoms with Crippen molar-refractivity contribution in [3.8, 4) is 0 Å². The first-order valence-corrected chi connectivity index (χ1v) is 8.13. The third-order valence-corrected chi connectivity index (χ3v) is 6.28. The summed E-state index contributed by atoms with van der Waals surface area (Å²) >= 11 is 0. The van der Waals surface area contributed by atoms with E-state index in [-0.39, 0.29) is 17.0 Å². The molecule has 1 aliphatic rings. The smallest absolute Gasteiger partial charge is 0.156 e. The molecule has 2 atom stereocenters. The maximum Gasteiger partial charge on any atom is 0.156 e. The van der Waals surface area contributed by atoms with Gasteiger partial charge in [0.25, 0.3) is 0 Å². The van der Waals surface area contributed by atoms with Gasteiger partial charge in [-0.15, -0.1) is 0 Å². The molecule has 1 saturated heterocycles. The fourth-order valence-corrected chi connectivity index (χ4v) is 4.43. The minimum atomic E-state index is -2.96. The number of sulfone groups is 1. The molecule has 0 aliphatic carbocycles. The molecule has 0 spiro atoms. The van der Waals surface area contributed by atoms with Crippen LogP contribution in [0.5, 0.6) is 0 Å². The molecule has 4 heteroatoms. The molecule has 2 unspecified atom stereocenters. The molecule has 18 heavy (non-hydrogen) atoms. The highest BCUT2D eigenvalue weighted by molar-refractivity contribution is 7.92. The van der Waals surface area contributed by atoms with Crippen molar-refractivity contribution in [2.24, 2.45) is 0 Å². The highest BCUT2D eigenvalue weighted by Gasteiger charge is 2.34. The molecular weight excluding hydrogens is 246 g/mol. The van der Waals surface area contributed by atoms with Crippen molar-refractivity contribution < 1.29 is 8.42 Å². The summed E-state index contributed by atoms with van der Waals surface area (Å²) in [5, 5.41) is 2.96. The lowest BCUT2D eigenvalue weighted by molar-refractivity contribution is 0.477. The van der Waals surface area contributed by atoms with Crippen LogP contribution in [0.3, 0.4) is 0 Å². The van der Waals surface area contributed by atoms with E-state index < -0.39 is 9.84 Å². The van der Waals surface area contributed by atoms with Crippen LogP contribution in [-0.4, -0.2) is 32.0 Å². The lowest BCUT2D eigenvalue weighted by atomic mass is 9.97. The Hall–Kier alpha value is -0.870. The number of nitrogens with one attached hydrogen (secondary N) is 1. The average molecular weight is 267 g/mol. The Morgan fingerprint density at radius 2 is 2.06 bits per heavy atom. The zero-order valence-electron chi connectivity index (χ0n) is 11.2. The highest BCUT2D eigenvalue weighted by atomic mass is 32.2. The zero-order valence-corrected chi connectivity index (χ0v) is 12.0. The average Bonchev–Trinajstić information content (AvgIpc) is 2.29. The minimum Gasteiger partial charge on any atom is -0.312 e. The maximum absolute atomic E-state index is 12.2. The first-order chi connectivity index (χ1) is 8.42. The summed E-state index contributed by atoms with van der Waals surface area (Å²) in [6.07, 6.45) is 0.615. The molecule has 0 saturated carbocycles. The Morgan fingerprint density at radius 1 is 1.33 bits per heavy atom. The van der Waals surface area contributed by atoms with E-state index in [0.717, 1.165) is 5.56 Å². The monoisotopic (exact) mass is 267 g/mol. The second-order valence-electron chi connectivity index (χ2n) is 5.21. The van der Waals surface area contributed by atoms with Gasteiger partial charge in [-0.05, 0) is 43.9 Å². The second-order valence-corrected chi connectivity index (χ2v) is 7.55. The van der Waals surface area contributed by atoms with Crippen LogP contribution in [0.2, 0.25) is 0 Å². The van der Waals surface area contributed by atoms with Gasteiger partial charge < -0.3 is 5.32 Å². The molecule has 0 bridgehead atoms. The van der Waals surface area contributed by atoms with Crippen molar-refractivity contribution in [1.82, 2.24) is 5.32 Å². The van der Waals surface area contributed by atoms with Crippen LogP contribution in [0, 0.1) is 13.8 Å². The Morgan fingerprint density at radius 3 is 2.72 bits per heavy atom. The Labute approximate surface area is 110 Å². The maximum atomic E-state index is 12.2. The molecule has 1 fully saturated rings. The number of rotatable bonds is 2. The van der Waals surface area contributed by atoms with Crippen molar-refractivity contribution in [2.75, 3.05) is 12.3 Å². The van der Waals surface area contributed by atoms with Gasteiger partial charge in [0.2, 0.25) is 0 Å². The summed E-state index contributed by atoms with van der Waals surface area (Å²) in [5.41, 5.74) is 3.59. The number of hydrogen-bond donors (Lipinski definition) is 1. The molecule has 0 amide bonds. The summed E-state index contributed by atoms with van der Waals surface area (Å²) < 4.78 is 24.3. The van der Waals surface area contributed by atoms with Gasteiger partial charge in [0.15, 0.2) is 9.84 Å². The van der Waals surface area contributed by atoms with Gasteiger partial charge >= 0.3 is 0 Å². The summed E-state index contributed by atoms with van der Waals surface area (Å²) in [6.45, 7) is 6.67. The number of aryl methyl sites for hydroxylation is 1. The lowest BCUT2D eigenvalue weighted by Gasteiger charge is -2.30. The van der Waals surface area contributed by atoms with Crippen LogP contribution in [0.4, 0.5) is 0 Å². The Balaban J connectivity index is 2.29. The molecule has 100 valence electrons.